The second kappa shape index (κ2) is 16.8. The lowest BCUT2D eigenvalue weighted by Crippen LogP contribution is -2.36. The van der Waals surface area contributed by atoms with Crippen LogP contribution in [0.25, 0.3) is 11.0 Å². The molecule has 1 amide bonds. The average molecular weight is 787 g/mol. The molecule has 1 aliphatic heterocycles. The van der Waals surface area contributed by atoms with Gasteiger partial charge in [-0.3, -0.25) is 9.32 Å². The van der Waals surface area contributed by atoms with Gasteiger partial charge in [0.1, 0.15) is 30.2 Å². The maximum absolute atomic E-state index is 12.6. The molecule has 3 heterocycles. The molecule has 0 spiro atoms. The lowest BCUT2D eigenvalue weighted by Gasteiger charge is -2.21. The number of ether oxygens (including phenoxy) is 2. The van der Waals surface area contributed by atoms with Crippen molar-refractivity contribution in [3.05, 3.63) is 18.1 Å². The maximum Gasteiger partial charge on any atom is 0.490 e. The zero-order valence-corrected chi connectivity index (χ0v) is 29.1. The molecule has 1 fully saturated rings. The first-order valence-electron chi connectivity index (χ1n) is 12.8. The van der Waals surface area contributed by atoms with Crippen LogP contribution < -0.4 is 5.32 Å². The molecule has 19 nitrogen and oxygen atoms in total. The number of fused-ring (bicyclic) bond motifs is 1. The highest BCUT2D eigenvalue weighted by Crippen LogP contribution is 2.66. The lowest BCUT2D eigenvalue weighted by atomic mass is 10.2. The number of aliphatic imine (C=N–C) groups is 1. The van der Waals surface area contributed by atoms with Gasteiger partial charge >= 0.3 is 35.6 Å². The first-order chi connectivity index (χ1) is 22.2. The third-order valence-corrected chi connectivity index (χ3v) is 10.8. The minimum Gasteiger partial charge on any atom is -0.369 e. The molecule has 3 unspecified atom stereocenters. The van der Waals surface area contributed by atoms with Gasteiger partial charge in [0.15, 0.2) is 5.82 Å². The third-order valence-electron chi connectivity index (χ3n) is 5.57. The van der Waals surface area contributed by atoms with Crippen molar-refractivity contribution in [2.45, 2.75) is 31.0 Å². The van der Waals surface area contributed by atoms with Crippen molar-refractivity contribution in [3.8, 4) is 11.8 Å². The fourth-order valence-electron chi connectivity index (χ4n) is 3.85. The fourth-order valence-corrected chi connectivity index (χ4v) is 7.66. The highest BCUT2D eigenvalue weighted by molar-refractivity contribution is 8.76. The number of halogens is 3. The Morgan fingerprint density at radius 1 is 1.23 bits per heavy atom. The number of carbonyl (C=O) groups excluding carboxylic acids is 1. The number of hydrogen-bond donors (Lipinski definition) is 5. The van der Waals surface area contributed by atoms with Gasteiger partial charge in [0.2, 0.25) is 0 Å². The van der Waals surface area contributed by atoms with E-state index in [1.807, 2.05) is 0 Å². The molecular weight excluding hydrogens is 758 g/mol. The molecule has 0 aliphatic carbocycles. The summed E-state index contributed by atoms with van der Waals surface area (Å²) in [7, 11) is -10.8. The molecule has 27 heteroatoms. The Labute approximate surface area is 277 Å². The molecule has 0 bridgehead atoms. The van der Waals surface area contributed by atoms with Crippen LogP contribution in [-0.4, -0.2) is 109 Å². The van der Waals surface area contributed by atoms with Crippen molar-refractivity contribution in [2.24, 2.45) is 4.99 Å². The zero-order chi connectivity index (χ0) is 35.9. The second-order valence-corrected chi connectivity index (χ2v) is 16.3. The van der Waals surface area contributed by atoms with E-state index in [-0.39, 0.29) is 34.8 Å². The van der Waals surface area contributed by atoms with Crippen molar-refractivity contribution in [1.29, 1.82) is 0 Å². The number of amides is 1. The molecule has 5 N–H and O–H groups in total. The molecular formula is C21H28F3N6O13P3S2. The first-order valence-corrected chi connectivity index (χ1v) is 20.1. The number of alkyl halides is 3. The maximum atomic E-state index is 12.6. The summed E-state index contributed by atoms with van der Waals surface area (Å²) in [5.74, 6) is 3.18. The fraction of sp³-hybridized carbons (Fsp3) is 0.524. The Hall–Kier alpha value is -2.06. The highest BCUT2D eigenvalue weighted by atomic mass is 33.1. The van der Waals surface area contributed by atoms with Crippen LogP contribution in [0.15, 0.2) is 17.5 Å². The van der Waals surface area contributed by atoms with Gasteiger partial charge in [-0.05, 0) is 6.26 Å². The minimum atomic E-state index is -5.77. The van der Waals surface area contributed by atoms with Crippen molar-refractivity contribution < 1.29 is 73.9 Å². The van der Waals surface area contributed by atoms with Crippen molar-refractivity contribution in [3.63, 3.8) is 0 Å². The van der Waals surface area contributed by atoms with Gasteiger partial charge in [-0.25, -0.2) is 28.7 Å². The Kier molecular flexibility index (Phi) is 14.1. The quantitative estimate of drug-likeness (QED) is 0.0331. The summed E-state index contributed by atoms with van der Waals surface area (Å²) in [6, 6.07) is 0. The SMILES string of the molecule is CSSCOC1C[C@H](n2cc(C#CCNC(=O)C(F)(F)F)c3c(/N=C/N(C)C)ncnc32)O[C@@H]1COP(=O)(O)OP(=O)(O)OP(=O)(O)O. The summed E-state index contributed by atoms with van der Waals surface area (Å²) in [5, 5.41) is 1.91. The number of aromatic nitrogens is 3. The third kappa shape index (κ3) is 12.4. The Morgan fingerprint density at radius 3 is 2.56 bits per heavy atom. The molecule has 5 atom stereocenters. The van der Waals surface area contributed by atoms with E-state index in [2.05, 4.69) is 35.4 Å². The molecule has 0 aromatic carbocycles. The van der Waals surface area contributed by atoms with Gasteiger partial charge in [-0.2, -0.15) is 21.8 Å². The first kappa shape index (κ1) is 40.4. The van der Waals surface area contributed by atoms with E-state index >= 15 is 0 Å². The largest absolute Gasteiger partial charge is 0.490 e. The number of hydrogen-bond acceptors (Lipinski definition) is 14. The number of carbonyl (C=O) groups is 1. The summed E-state index contributed by atoms with van der Waals surface area (Å²) in [4.78, 5) is 62.3. The van der Waals surface area contributed by atoms with Gasteiger partial charge in [-0.1, -0.05) is 33.4 Å². The number of phosphoric acid groups is 3. The van der Waals surface area contributed by atoms with E-state index in [0.29, 0.717) is 0 Å². The summed E-state index contributed by atoms with van der Waals surface area (Å²) in [6.07, 6.45) is -2.16. The molecule has 3 rings (SSSR count). The van der Waals surface area contributed by atoms with Gasteiger partial charge < -0.3 is 43.8 Å². The Balaban J connectivity index is 1.93. The topological polar surface area (TPSA) is 254 Å². The lowest BCUT2D eigenvalue weighted by molar-refractivity contribution is -0.173. The molecule has 2 aromatic heterocycles. The van der Waals surface area contributed by atoms with Crippen molar-refractivity contribution >= 4 is 74.2 Å². The van der Waals surface area contributed by atoms with Gasteiger partial charge in [0.25, 0.3) is 0 Å². The molecule has 48 heavy (non-hydrogen) atoms. The highest BCUT2D eigenvalue weighted by Gasteiger charge is 2.44. The predicted molar refractivity (Wildman–Crippen MR) is 164 cm³/mol. The van der Waals surface area contributed by atoms with Crippen LogP contribution in [0.2, 0.25) is 0 Å². The molecule has 0 saturated carbocycles. The Bertz CT molecular complexity index is 1700. The van der Waals surface area contributed by atoms with E-state index in [9.17, 15) is 41.4 Å². The molecule has 1 aliphatic rings. The Morgan fingerprint density at radius 2 is 1.94 bits per heavy atom. The second-order valence-electron chi connectivity index (χ2n) is 9.40. The van der Waals surface area contributed by atoms with E-state index in [4.69, 9.17) is 23.8 Å². The van der Waals surface area contributed by atoms with E-state index in [1.165, 1.54) is 45.0 Å². The van der Waals surface area contributed by atoms with E-state index in [1.54, 1.807) is 30.6 Å². The van der Waals surface area contributed by atoms with Crippen LogP contribution in [0.1, 0.15) is 18.2 Å². The van der Waals surface area contributed by atoms with Crippen LogP contribution in [-0.2, 0) is 41.1 Å². The number of phosphoric ester groups is 1. The molecule has 268 valence electrons. The van der Waals surface area contributed by atoms with Crippen LogP contribution >= 0.6 is 45.1 Å². The summed E-state index contributed by atoms with van der Waals surface area (Å²) >= 11 is 0. The van der Waals surface area contributed by atoms with Crippen molar-refractivity contribution in [2.75, 3.05) is 39.4 Å². The normalized spacial score (nSPS) is 21.1. The van der Waals surface area contributed by atoms with E-state index in [0.717, 1.165) is 0 Å². The number of nitrogens with one attached hydrogen (secondary N) is 1. The summed E-state index contributed by atoms with van der Waals surface area (Å²) < 4.78 is 98.3. The molecule has 0 radical (unpaired) electrons. The zero-order valence-electron chi connectivity index (χ0n) is 24.8. The van der Waals surface area contributed by atoms with Crippen LogP contribution in [0.5, 0.6) is 0 Å². The van der Waals surface area contributed by atoms with Crippen molar-refractivity contribution in [1.82, 2.24) is 24.8 Å². The van der Waals surface area contributed by atoms with E-state index < -0.39 is 67.1 Å². The van der Waals surface area contributed by atoms with Gasteiger partial charge in [-0.15, -0.1) is 0 Å². The van der Waals surface area contributed by atoms with Crippen LogP contribution in [0.3, 0.4) is 0 Å². The van der Waals surface area contributed by atoms with Crippen LogP contribution in [0.4, 0.5) is 19.0 Å². The smallest absolute Gasteiger partial charge is 0.369 e. The minimum absolute atomic E-state index is 0.0535. The molecule has 2 aromatic rings. The molecule has 1 saturated heterocycles. The standard InChI is InChI=1S/C21H28F3N6O13P3S2/c1-29(2)11-28-18-17-13(5-4-6-25-20(31)21(22,23)24)8-30(19(17)27-10-26-18)16-7-14(39-12-48-47-3)15(41-16)9-40-45(35,36)43-46(37,38)42-44(32,33)34/h8,10-11,14-16H,6-7,9,12H2,1-3H3,(H,25,31)(H,35,36)(H,37,38)(H2,32,33,34)/b28-11+/t14?,15-,16-/m1/s1. The monoisotopic (exact) mass is 786 g/mol. The summed E-state index contributed by atoms with van der Waals surface area (Å²) in [5.41, 5.74) is 0.392. The number of nitrogens with zero attached hydrogens (tertiary/aromatic N) is 5. The van der Waals surface area contributed by atoms with Gasteiger partial charge in [0, 0.05) is 26.7 Å². The van der Waals surface area contributed by atoms with Gasteiger partial charge in [0.05, 0.1) is 36.5 Å². The summed E-state index contributed by atoms with van der Waals surface area (Å²) in [6.45, 7) is -1.45. The predicted octanol–water partition coefficient (Wildman–Crippen LogP) is 2.67. The van der Waals surface area contributed by atoms with Crippen LogP contribution in [0, 0.1) is 11.8 Å². The average Bonchev–Trinajstić information content (AvgIpc) is 3.52. The number of rotatable bonds is 15.